The van der Waals surface area contributed by atoms with Gasteiger partial charge in [0, 0.05) is 57.4 Å². The largest absolute Gasteiger partial charge is 0.453 e. The lowest BCUT2D eigenvalue weighted by molar-refractivity contribution is -0.135. The Kier molecular flexibility index (Phi) is 11.9. The van der Waals surface area contributed by atoms with Crippen LogP contribution in [0.5, 0.6) is 0 Å². The number of likely N-dealkylation sites (tertiary alicyclic amines) is 1. The number of nitrogens with one attached hydrogen (secondary N) is 4. The molecule has 0 unspecified atom stereocenters. The van der Waals surface area contributed by atoms with Gasteiger partial charge in [-0.1, -0.05) is 55.6 Å². The number of carbonyl (C=O) groups excluding carboxylic acids is 4. The number of fused-ring (bicyclic) bond motifs is 3. The van der Waals surface area contributed by atoms with Crippen LogP contribution in [0.25, 0.3) is 44.2 Å². The van der Waals surface area contributed by atoms with E-state index in [1.165, 1.54) is 14.2 Å². The third-order valence-electron chi connectivity index (χ3n) is 12.7. The van der Waals surface area contributed by atoms with E-state index in [-0.39, 0.29) is 36.7 Å². The Labute approximate surface area is 382 Å². The lowest BCUT2D eigenvalue weighted by Crippen LogP contribution is -2.50. The number of nitrogens with zero attached hydrogens (tertiary/aromatic N) is 8. The third kappa shape index (κ3) is 9.02. The summed E-state index contributed by atoms with van der Waals surface area (Å²) < 4.78 is 13.4. The Morgan fingerprint density at radius 2 is 1.38 bits per heavy atom. The molecule has 0 spiro atoms. The van der Waals surface area contributed by atoms with E-state index in [1.54, 1.807) is 28.3 Å². The molecule has 0 radical (unpaired) electrons. The molecule has 4 N–H and O–H groups in total. The van der Waals surface area contributed by atoms with Crippen LogP contribution < -0.4 is 10.6 Å². The lowest BCUT2D eigenvalue weighted by atomic mass is 9.99. The van der Waals surface area contributed by atoms with Gasteiger partial charge in [-0.25, -0.2) is 29.5 Å². The van der Waals surface area contributed by atoms with Gasteiger partial charge in [0.15, 0.2) is 0 Å². The van der Waals surface area contributed by atoms with Crippen molar-refractivity contribution in [1.29, 1.82) is 0 Å². The van der Waals surface area contributed by atoms with Crippen LogP contribution in [0, 0.1) is 0 Å². The second kappa shape index (κ2) is 17.9. The third-order valence-corrected chi connectivity index (χ3v) is 15.4. The first kappa shape index (κ1) is 43.9. The van der Waals surface area contributed by atoms with Gasteiger partial charge in [0.05, 0.1) is 81.3 Å². The van der Waals surface area contributed by atoms with Crippen LogP contribution in [0.2, 0.25) is 19.1 Å². The molecule has 66 heavy (non-hydrogen) atoms. The fraction of sp³-hybridized carbons (Fsp3) is 0.362. The minimum absolute atomic E-state index is 0.187. The maximum Gasteiger partial charge on any atom is 0.407 e. The normalized spacial score (nSPS) is 17.8. The minimum atomic E-state index is -1.86. The predicted molar refractivity (Wildman–Crippen MR) is 250 cm³/mol. The molecule has 2 saturated heterocycles. The van der Waals surface area contributed by atoms with E-state index in [4.69, 9.17) is 19.4 Å². The molecular weight excluding hydrogens is 857 g/mol. The number of alkyl carbamates (subject to hydrolysis) is 2. The van der Waals surface area contributed by atoms with Gasteiger partial charge in [0.1, 0.15) is 23.7 Å². The molecular formula is C47H54N12O6Si. The van der Waals surface area contributed by atoms with Crippen molar-refractivity contribution in [3.63, 3.8) is 0 Å². The molecule has 4 aromatic heterocycles. The highest BCUT2D eigenvalue weighted by Gasteiger charge is 2.45. The van der Waals surface area contributed by atoms with Crippen LogP contribution in [0.15, 0.2) is 85.8 Å². The number of amides is 4. The topological polar surface area (TPSA) is 210 Å². The molecule has 4 amide bonds. The van der Waals surface area contributed by atoms with Crippen molar-refractivity contribution in [3.05, 3.63) is 109 Å². The number of carbonyl (C=O) groups is 4. The molecule has 2 aliphatic heterocycles. The number of aromatic nitrogens is 8. The average Bonchev–Trinajstić information content (AvgIpc) is 4.18. The molecule has 7 aromatic rings. The van der Waals surface area contributed by atoms with Gasteiger partial charge in [-0.3, -0.25) is 9.59 Å². The molecule has 0 bridgehead atoms. The zero-order chi connectivity index (χ0) is 46.3. The molecule has 6 heterocycles. The molecule has 2 aliphatic rings. The Balaban J connectivity index is 0.915. The van der Waals surface area contributed by atoms with E-state index in [2.05, 4.69) is 92.2 Å². The number of aryl methyl sites for hydroxylation is 2. The molecule has 4 atom stereocenters. The summed E-state index contributed by atoms with van der Waals surface area (Å²) in [5.41, 5.74) is 6.98. The van der Waals surface area contributed by atoms with Crippen LogP contribution in [0.1, 0.15) is 48.0 Å². The summed E-state index contributed by atoms with van der Waals surface area (Å²) in [4.78, 5) is 82.4. The quantitative estimate of drug-likeness (QED) is 0.106. The van der Waals surface area contributed by atoms with Crippen molar-refractivity contribution in [2.75, 3.05) is 26.9 Å². The van der Waals surface area contributed by atoms with Gasteiger partial charge in [-0.15, -0.1) is 0 Å². The van der Waals surface area contributed by atoms with Crippen LogP contribution in [-0.4, -0.2) is 120 Å². The number of benzene rings is 3. The van der Waals surface area contributed by atoms with Crippen LogP contribution in [-0.2, 0) is 46.0 Å². The Bertz CT molecular complexity index is 2940. The number of hydrogen-bond acceptors (Lipinski definition) is 10. The standard InChI is InChI=1S/C47H54N12O6Si/c1-56-22-32(49-25-56)19-36(53-46(62)64-3)44(60)58-17-7-8-39(58)42-48-21-38(52-42)29-11-9-28(10-12-29)30-13-15-34-31(18-30)14-16-35-41(34)55-43(51-35)40-24-66(5,6)27-59(40)45(61)37(54-47(63)65-4)20-33-23-57(2)26-50-33/h9-16,18,21-23,25-26,36-37,39-40H,7-8,17,19-20,24,27H2,1-6H3,(H,48,52)(H,51,55)(H,53,62)(H,54,63)/t36-,37-,39+,40+/m0/s1. The first-order chi connectivity index (χ1) is 31.7. The lowest BCUT2D eigenvalue weighted by Gasteiger charge is -2.28. The van der Waals surface area contributed by atoms with E-state index in [1.807, 2.05) is 42.0 Å². The summed E-state index contributed by atoms with van der Waals surface area (Å²) in [5, 5.41) is 7.51. The number of methoxy groups -OCH3 is 2. The summed E-state index contributed by atoms with van der Waals surface area (Å²) >= 11 is 0. The van der Waals surface area contributed by atoms with Crippen LogP contribution in [0.3, 0.4) is 0 Å². The van der Waals surface area contributed by atoms with E-state index in [9.17, 15) is 19.2 Å². The average molecular weight is 911 g/mol. The molecule has 19 heteroatoms. The Morgan fingerprint density at radius 1 is 0.758 bits per heavy atom. The van der Waals surface area contributed by atoms with Gasteiger partial charge in [-0.2, -0.15) is 0 Å². The number of hydrogen-bond donors (Lipinski definition) is 4. The summed E-state index contributed by atoms with van der Waals surface area (Å²) in [6.45, 7) is 5.09. The Morgan fingerprint density at radius 3 is 2.00 bits per heavy atom. The summed E-state index contributed by atoms with van der Waals surface area (Å²) in [7, 11) is 4.43. The van der Waals surface area contributed by atoms with Crippen molar-refractivity contribution in [2.45, 2.75) is 69.0 Å². The molecule has 342 valence electrons. The van der Waals surface area contributed by atoms with Crippen molar-refractivity contribution < 1.29 is 28.7 Å². The van der Waals surface area contributed by atoms with E-state index < -0.39 is 32.3 Å². The highest BCUT2D eigenvalue weighted by atomic mass is 28.3. The number of aromatic amines is 2. The van der Waals surface area contributed by atoms with E-state index in [0.29, 0.717) is 29.9 Å². The zero-order valence-corrected chi connectivity index (χ0v) is 38.9. The van der Waals surface area contributed by atoms with Crippen molar-refractivity contribution in [1.82, 2.24) is 59.5 Å². The predicted octanol–water partition coefficient (Wildman–Crippen LogP) is 5.97. The zero-order valence-electron chi connectivity index (χ0n) is 37.9. The van der Waals surface area contributed by atoms with Gasteiger partial charge in [0.2, 0.25) is 11.8 Å². The fourth-order valence-electron chi connectivity index (χ4n) is 9.48. The monoisotopic (exact) mass is 910 g/mol. The minimum Gasteiger partial charge on any atom is -0.453 e. The second-order valence-corrected chi connectivity index (χ2v) is 23.2. The molecule has 0 saturated carbocycles. The number of rotatable bonds is 12. The van der Waals surface area contributed by atoms with Gasteiger partial charge in [0.25, 0.3) is 0 Å². The van der Waals surface area contributed by atoms with Crippen LogP contribution >= 0.6 is 0 Å². The molecule has 0 aliphatic carbocycles. The van der Waals surface area contributed by atoms with Crippen molar-refractivity contribution >= 4 is 53.9 Å². The maximum absolute atomic E-state index is 14.3. The van der Waals surface area contributed by atoms with Crippen LogP contribution in [0.4, 0.5) is 9.59 Å². The Hall–Kier alpha value is -7.28. The second-order valence-electron chi connectivity index (χ2n) is 18.2. The fourth-order valence-corrected chi connectivity index (χ4v) is 12.4. The molecule has 3 aromatic carbocycles. The molecule has 9 rings (SSSR count). The van der Waals surface area contributed by atoms with Gasteiger partial charge >= 0.3 is 12.2 Å². The van der Waals surface area contributed by atoms with Gasteiger partial charge < -0.3 is 49.0 Å². The SMILES string of the molecule is COC(=O)N[C@@H](Cc1cn(C)cn1)C(=O)N1CCC[C@@H]1c1ncc(-c2ccc(-c3ccc4c(ccc5[nH]c([C@H]6C[Si](C)(C)CN6C(=O)[C@H](Cc6cn(C)cn6)NC(=O)OC)nc54)c3)cc2)[nH]1. The van der Waals surface area contributed by atoms with Crippen molar-refractivity contribution in [2.24, 2.45) is 14.1 Å². The number of H-pyrrole nitrogens is 2. The first-order valence-corrected chi connectivity index (χ1v) is 25.5. The molecule has 2 fully saturated rings. The highest BCUT2D eigenvalue weighted by molar-refractivity contribution is 6.78. The smallest absolute Gasteiger partial charge is 0.407 e. The highest BCUT2D eigenvalue weighted by Crippen LogP contribution is 2.39. The number of ether oxygens (including phenoxy) is 2. The van der Waals surface area contributed by atoms with E-state index in [0.717, 1.165) is 68.9 Å². The van der Waals surface area contributed by atoms with Gasteiger partial charge in [-0.05, 0) is 53.1 Å². The first-order valence-electron chi connectivity index (χ1n) is 22.1. The number of imidazole rings is 4. The summed E-state index contributed by atoms with van der Waals surface area (Å²) in [6.07, 6.45) is 10.1. The maximum atomic E-state index is 14.3. The molecule has 18 nitrogen and oxygen atoms in total. The summed E-state index contributed by atoms with van der Waals surface area (Å²) in [6, 6.07) is 17.4. The van der Waals surface area contributed by atoms with Crippen molar-refractivity contribution in [3.8, 4) is 22.4 Å². The summed E-state index contributed by atoms with van der Waals surface area (Å²) in [5.74, 6) is 1.02. The van der Waals surface area contributed by atoms with E-state index >= 15 is 0 Å².